The molecule has 0 radical (unpaired) electrons. The second-order valence-corrected chi connectivity index (χ2v) is 4.52. The Hall–Kier alpha value is -2.14. The number of hydrogen-bond donors (Lipinski definition) is 1. The zero-order valence-electron chi connectivity index (χ0n) is 11.2. The summed E-state index contributed by atoms with van der Waals surface area (Å²) < 4.78 is 5.24. The van der Waals surface area contributed by atoms with Gasteiger partial charge in [-0.1, -0.05) is 17.7 Å². The summed E-state index contributed by atoms with van der Waals surface area (Å²) in [6.07, 6.45) is 1.30. The van der Waals surface area contributed by atoms with Crippen LogP contribution in [0.4, 0.5) is 5.69 Å². The quantitative estimate of drug-likeness (QED) is 0.940. The summed E-state index contributed by atoms with van der Waals surface area (Å²) in [4.78, 5) is 20.0. The third-order valence-corrected chi connectivity index (χ3v) is 2.85. The number of anilines is 1. The van der Waals surface area contributed by atoms with Crippen molar-refractivity contribution in [3.8, 4) is 5.88 Å². The Morgan fingerprint density at radius 1 is 1.35 bits per heavy atom. The second kappa shape index (κ2) is 6.34. The molecule has 0 saturated carbocycles. The van der Waals surface area contributed by atoms with E-state index in [1.165, 1.54) is 12.4 Å². The number of carbonyl (C=O) groups is 1. The van der Waals surface area contributed by atoms with Crippen LogP contribution in [0.25, 0.3) is 0 Å². The number of carbonyl (C=O) groups excluding carboxylic acids is 1. The molecule has 1 heterocycles. The first-order valence-electron chi connectivity index (χ1n) is 6.12. The predicted molar refractivity (Wildman–Crippen MR) is 77.3 cm³/mol. The Bertz CT molecular complexity index is 632. The molecule has 1 aromatic heterocycles. The topological polar surface area (TPSA) is 64.1 Å². The highest BCUT2D eigenvalue weighted by atomic mass is 35.5. The van der Waals surface area contributed by atoms with Crippen molar-refractivity contribution in [2.24, 2.45) is 0 Å². The Balaban J connectivity index is 2.19. The van der Waals surface area contributed by atoms with Crippen LogP contribution < -0.4 is 10.1 Å². The molecule has 1 aromatic carbocycles. The van der Waals surface area contributed by atoms with Gasteiger partial charge in [0.2, 0.25) is 5.88 Å². The fourth-order valence-electron chi connectivity index (χ4n) is 1.61. The van der Waals surface area contributed by atoms with Gasteiger partial charge in [0, 0.05) is 16.8 Å². The standard InChI is InChI=1S/C14H14ClN3O2/c1-3-20-13-7-12(16-8-17-13)14(19)18-11-6-10(15)5-4-9(11)2/h4-8H,3H2,1-2H3,(H,18,19). The van der Waals surface area contributed by atoms with E-state index in [2.05, 4.69) is 15.3 Å². The van der Waals surface area contributed by atoms with Gasteiger partial charge >= 0.3 is 0 Å². The zero-order chi connectivity index (χ0) is 14.5. The summed E-state index contributed by atoms with van der Waals surface area (Å²) in [6.45, 7) is 4.21. The maximum absolute atomic E-state index is 12.1. The molecule has 0 aliphatic heterocycles. The molecule has 2 aromatic rings. The van der Waals surface area contributed by atoms with Crippen LogP contribution in [0.2, 0.25) is 5.02 Å². The van der Waals surface area contributed by atoms with Gasteiger partial charge in [-0.3, -0.25) is 4.79 Å². The highest BCUT2D eigenvalue weighted by Crippen LogP contribution is 2.20. The summed E-state index contributed by atoms with van der Waals surface area (Å²) in [5, 5.41) is 3.33. The lowest BCUT2D eigenvalue weighted by molar-refractivity contribution is 0.102. The van der Waals surface area contributed by atoms with E-state index in [1.807, 2.05) is 19.9 Å². The molecular formula is C14H14ClN3O2. The van der Waals surface area contributed by atoms with Crippen LogP contribution in [0.5, 0.6) is 5.88 Å². The van der Waals surface area contributed by atoms with Crippen LogP contribution in [0.15, 0.2) is 30.6 Å². The van der Waals surface area contributed by atoms with Crippen molar-refractivity contribution in [1.29, 1.82) is 0 Å². The highest BCUT2D eigenvalue weighted by Gasteiger charge is 2.11. The molecule has 6 heteroatoms. The van der Waals surface area contributed by atoms with E-state index in [1.54, 1.807) is 12.1 Å². The number of halogens is 1. The van der Waals surface area contributed by atoms with E-state index in [-0.39, 0.29) is 11.6 Å². The minimum absolute atomic E-state index is 0.239. The molecule has 0 aliphatic carbocycles. The van der Waals surface area contributed by atoms with Gasteiger partial charge < -0.3 is 10.1 Å². The van der Waals surface area contributed by atoms with Crippen LogP contribution >= 0.6 is 11.6 Å². The maximum Gasteiger partial charge on any atom is 0.274 e. The Kier molecular flexibility index (Phi) is 4.53. The molecule has 1 amide bonds. The van der Waals surface area contributed by atoms with Gasteiger partial charge in [0.05, 0.1) is 6.61 Å². The summed E-state index contributed by atoms with van der Waals surface area (Å²) in [5.74, 6) is 0.0363. The molecule has 20 heavy (non-hydrogen) atoms. The van der Waals surface area contributed by atoms with Crippen LogP contribution in [-0.4, -0.2) is 22.5 Å². The smallest absolute Gasteiger partial charge is 0.274 e. The normalized spacial score (nSPS) is 10.2. The van der Waals surface area contributed by atoms with E-state index in [9.17, 15) is 4.79 Å². The lowest BCUT2D eigenvalue weighted by Gasteiger charge is -2.09. The second-order valence-electron chi connectivity index (χ2n) is 4.09. The van der Waals surface area contributed by atoms with Crippen molar-refractivity contribution >= 4 is 23.2 Å². The number of aromatic nitrogens is 2. The monoisotopic (exact) mass is 291 g/mol. The van der Waals surface area contributed by atoms with Gasteiger partial charge in [0.15, 0.2) is 0 Å². The van der Waals surface area contributed by atoms with E-state index in [0.29, 0.717) is 23.2 Å². The molecule has 5 nitrogen and oxygen atoms in total. The summed E-state index contributed by atoms with van der Waals surface area (Å²) in [6, 6.07) is 6.80. The fourth-order valence-corrected chi connectivity index (χ4v) is 1.78. The third kappa shape index (κ3) is 3.45. The number of rotatable bonds is 4. The SMILES string of the molecule is CCOc1cc(C(=O)Nc2cc(Cl)ccc2C)ncn1. The Morgan fingerprint density at radius 2 is 2.15 bits per heavy atom. The maximum atomic E-state index is 12.1. The molecule has 0 saturated heterocycles. The van der Waals surface area contributed by atoms with Crippen molar-refractivity contribution in [3.05, 3.63) is 46.9 Å². The molecule has 1 N–H and O–H groups in total. The number of benzene rings is 1. The van der Waals surface area contributed by atoms with Gasteiger partial charge in [-0.05, 0) is 31.5 Å². The van der Waals surface area contributed by atoms with E-state index in [0.717, 1.165) is 5.56 Å². The van der Waals surface area contributed by atoms with Crippen molar-refractivity contribution < 1.29 is 9.53 Å². The number of nitrogens with zero attached hydrogens (tertiary/aromatic N) is 2. The number of ether oxygens (including phenoxy) is 1. The predicted octanol–water partition coefficient (Wildman–Crippen LogP) is 3.09. The van der Waals surface area contributed by atoms with Gasteiger partial charge in [0.25, 0.3) is 5.91 Å². The highest BCUT2D eigenvalue weighted by molar-refractivity contribution is 6.31. The lowest BCUT2D eigenvalue weighted by Crippen LogP contribution is -2.15. The molecule has 104 valence electrons. The minimum atomic E-state index is -0.335. The number of amides is 1. The van der Waals surface area contributed by atoms with Gasteiger partial charge in [-0.25, -0.2) is 9.97 Å². The van der Waals surface area contributed by atoms with Gasteiger partial charge in [-0.15, -0.1) is 0 Å². The van der Waals surface area contributed by atoms with E-state index >= 15 is 0 Å². The van der Waals surface area contributed by atoms with Crippen LogP contribution in [-0.2, 0) is 0 Å². The summed E-state index contributed by atoms with van der Waals surface area (Å²) >= 11 is 5.92. The molecule has 0 fully saturated rings. The number of aryl methyl sites for hydroxylation is 1. The molecule has 0 unspecified atom stereocenters. The number of hydrogen-bond acceptors (Lipinski definition) is 4. The zero-order valence-corrected chi connectivity index (χ0v) is 11.9. The third-order valence-electron chi connectivity index (χ3n) is 2.61. The van der Waals surface area contributed by atoms with E-state index in [4.69, 9.17) is 16.3 Å². The fraction of sp³-hybridized carbons (Fsp3) is 0.214. The van der Waals surface area contributed by atoms with Gasteiger partial charge in [-0.2, -0.15) is 0 Å². The average molecular weight is 292 g/mol. The van der Waals surface area contributed by atoms with Crippen LogP contribution in [0.3, 0.4) is 0 Å². The summed E-state index contributed by atoms with van der Waals surface area (Å²) in [5.41, 5.74) is 1.81. The first kappa shape index (κ1) is 14.3. The van der Waals surface area contributed by atoms with Crippen molar-refractivity contribution in [1.82, 2.24) is 9.97 Å². The molecule has 0 aliphatic rings. The molecule has 2 rings (SSSR count). The minimum Gasteiger partial charge on any atom is -0.478 e. The van der Waals surface area contributed by atoms with E-state index < -0.39 is 0 Å². The molecule has 0 atom stereocenters. The Labute approximate surface area is 122 Å². The summed E-state index contributed by atoms with van der Waals surface area (Å²) in [7, 11) is 0. The molecular weight excluding hydrogens is 278 g/mol. The van der Waals surface area contributed by atoms with Crippen LogP contribution in [0.1, 0.15) is 23.0 Å². The first-order valence-corrected chi connectivity index (χ1v) is 6.50. The Morgan fingerprint density at radius 3 is 2.90 bits per heavy atom. The molecule has 0 spiro atoms. The van der Waals surface area contributed by atoms with Crippen molar-refractivity contribution in [3.63, 3.8) is 0 Å². The first-order chi connectivity index (χ1) is 9.60. The van der Waals surface area contributed by atoms with Crippen molar-refractivity contribution in [2.75, 3.05) is 11.9 Å². The molecule has 0 bridgehead atoms. The number of nitrogens with one attached hydrogen (secondary N) is 1. The lowest BCUT2D eigenvalue weighted by atomic mass is 10.2. The average Bonchev–Trinajstić information content (AvgIpc) is 2.43. The van der Waals surface area contributed by atoms with Crippen molar-refractivity contribution in [2.45, 2.75) is 13.8 Å². The van der Waals surface area contributed by atoms with Crippen LogP contribution in [0, 0.1) is 6.92 Å². The van der Waals surface area contributed by atoms with Gasteiger partial charge in [0.1, 0.15) is 12.0 Å². The largest absolute Gasteiger partial charge is 0.478 e.